The number of hydrogen-bond acceptors (Lipinski definition) is 3. The third-order valence-corrected chi connectivity index (χ3v) is 3.25. The van der Waals surface area contributed by atoms with Crippen molar-refractivity contribution < 1.29 is 4.79 Å². The van der Waals surface area contributed by atoms with Gasteiger partial charge in [0.25, 0.3) is 0 Å². The fourth-order valence-corrected chi connectivity index (χ4v) is 2.10. The number of nitrogens with zero attached hydrogens (tertiary/aromatic N) is 1. The van der Waals surface area contributed by atoms with E-state index in [1.54, 1.807) is 0 Å². The number of hydrogen-bond donors (Lipinski definition) is 2. The molecule has 2 N–H and O–H groups in total. The molecule has 0 unspecified atom stereocenters. The molecular weight excluding hydrogens is 214 g/mol. The first kappa shape index (κ1) is 14.5. The fourth-order valence-electron chi connectivity index (χ4n) is 2.10. The molecule has 1 rings (SSSR count). The van der Waals surface area contributed by atoms with Crippen molar-refractivity contribution in [3.8, 4) is 0 Å². The summed E-state index contributed by atoms with van der Waals surface area (Å²) in [6, 6.07) is 0. The van der Waals surface area contributed by atoms with Crippen LogP contribution in [0.15, 0.2) is 0 Å². The van der Waals surface area contributed by atoms with Gasteiger partial charge in [-0.05, 0) is 19.4 Å². The van der Waals surface area contributed by atoms with E-state index in [1.807, 2.05) is 6.92 Å². The summed E-state index contributed by atoms with van der Waals surface area (Å²) >= 11 is 0. The Kier molecular flexibility index (Phi) is 8.01. The molecule has 0 saturated carbocycles. The van der Waals surface area contributed by atoms with Crippen molar-refractivity contribution in [1.29, 1.82) is 0 Å². The summed E-state index contributed by atoms with van der Waals surface area (Å²) < 4.78 is 0. The Labute approximate surface area is 105 Å². The van der Waals surface area contributed by atoms with Gasteiger partial charge in [0.2, 0.25) is 5.91 Å². The van der Waals surface area contributed by atoms with Gasteiger partial charge in [0.1, 0.15) is 0 Å². The molecule has 0 atom stereocenters. The van der Waals surface area contributed by atoms with Crippen molar-refractivity contribution in [3.05, 3.63) is 0 Å². The fraction of sp³-hybridized carbons (Fsp3) is 0.923. The van der Waals surface area contributed by atoms with Gasteiger partial charge in [0, 0.05) is 39.1 Å². The first-order valence-corrected chi connectivity index (χ1v) is 7.02. The highest BCUT2D eigenvalue weighted by Crippen LogP contribution is 2.02. The first-order chi connectivity index (χ1) is 8.33. The maximum atomic E-state index is 11.0. The molecule has 100 valence electrons. The van der Waals surface area contributed by atoms with Gasteiger partial charge in [-0.25, -0.2) is 0 Å². The number of unbranched alkanes of at least 4 members (excludes halogenated alkanes) is 3. The van der Waals surface area contributed by atoms with Crippen LogP contribution in [0.1, 0.15) is 39.0 Å². The van der Waals surface area contributed by atoms with Crippen LogP contribution >= 0.6 is 0 Å². The van der Waals surface area contributed by atoms with Gasteiger partial charge in [-0.15, -0.1) is 0 Å². The second kappa shape index (κ2) is 9.42. The van der Waals surface area contributed by atoms with Crippen molar-refractivity contribution in [2.75, 3.05) is 39.3 Å². The van der Waals surface area contributed by atoms with Crippen LogP contribution in [-0.2, 0) is 4.79 Å². The third kappa shape index (κ3) is 7.34. The minimum atomic E-state index is 0.172. The Morgan fingerprint density at radius 1 is 1.18 bits per heavy atom. The predicted octanol–water partition coefficient (Wildman–Crippen LogP) is 0.978. The monoisotopic (exact) mass is 241 g/mol. The standard InChI is InChI=1S/C13H27N3O/c1-2-13(17)15-7-5-3-4-6-10-16-11-8-14-9-12-16/h14H,2-12H2,1H3,(H,15,17). The topological polar surface area (TPSA) is 44.4 Å². The zero-order valence-corrected chi connectivity index (χ0v) is 11.1. The smallest absolute Gasteiger partial charge is 0.219 e. The van der Waals surface area contributed by atoms with Gasteiger partial charge in [-0.1, -0.05) is 19.8 Å². The Hall–Kier alpha value is -0.610. The highest BCUT2D eigenvalue weighted by molar-refractivity contribution is 5.75. The zero-order valence-electron chi connectivity index (χ0n) is 11.1. The maximum absolute atomic E-state index is 11.0. The maximum Gasteiger partial charge on any atom is 0.219 e. The summed E-state index contributed by atoms with van der Waals surface area (Å²) in [5, 5.41) is 6.28. The SMILES string of the molecule is CCC(=O)NCCCCCCN1CCNCC1. The van der Waals surface area contributed by atoms with E-state index in [0.29, 0.717) is 6.42 Å². The van der Waals surface area contributed by atoms with Gasteiger partial charge in [-0.2, -0.15) is 0 Å². The summed E-state index contributed by atoms with van der Waals surface area (Å²) in [6.07, 6.45) is 5.53. The number of carbonyl (C=O) groups is 1. The summed E-state index contributed by atoms with van der Waals surface area (Å²) in [4.78, 5) is 13.5. The van der Waals surface area contributed by atoms with Crippen LogP contribution in [-0.4, -0.2) is 50.1 Å². The molecule has 1 saturated heterocycles. The molecule has 4 nitrogen and oxygen atoms in total. The van der Waals surface area contributed by atoms with Crippen molar-refractivity contribution in [2.45, 2.75) is 39.0 Å². The summed E-state index contributed by atoms with van der Waals surface area (Å²) in [5.74, 6) is 0.172. The molecule has 0 spiro atoms. The molecule has 0 aromatic rings. The van der Waals surface area contributed by atoms with E-state index >= 15 is 0 Å². The second-order valence-corrected chi connectivity index (χ2v) is 4.71. The Bertz CT molecular complexity index is 203. The van der Waals surface area contributed by atoms with Gasteiger partial charge >= 0.3 is 0 Å². The van der Waals surface area contributed by atoms with Crippen molar-refractivity contribution in [2.24, 2.45) is 0 Å². The Morgan fingerprint density at radius 2 is 1.88 bits per heavy atom. The molecule has 0 aliphatic carbocycles. The molecule has 0 radical (unpaired) electrons. The van der Waals surface area contributed by atoms with E-state index in [-0.39, 0.29) is 5.91 Å². The van der Waals surface area contributed by atoms with Crippen LogP contribution < -0.4 is 10.6 Å². The van der Waals surface area contributed by atoms with Crippen LogP contribution in [0.5, 0.6) is 0 Å². The highest BCUT2D eigenvalue weighted by atomic mass is 16.1. The number of nitrogens with one attached hydrogen (secondary N) is 2. The molecule has 0 bridgehead atoms. The number of carbonyl (C=O) groups excluding carboxylic acids is 1. The molecule has 1 aliphatic heterocycles. The quantitative estimate of drug-likeness (QED) is 0.623. The highest BCUT2D eigenvalue weighted by Gasteiger charge is 2.07. The third-order valence-electron chi connectivity index (χ3n) is 3.25. The van der Waals surface area contributed by atoms with Crippen LogP contribution in [0, 0.1) is 0 Å². The predicted molar refractivity (Wildman–Crippen MR) is 71.1 cm³/mol. The molecular formula is C13H27N3O. The number of rotatable bonds is 8. The molecule has 1 heterocycles. The van der Waals surface area contributed by atoms with E-state index in [2.05, 4.69) is 15.5 Å². The minimum absolute atomic E-state index is 0.172. The van der Waals surface area contributed by atoms with Gasteiger partial charge in [0.05, 0.1) is 0 Å². The minimum Gasteiger partial charge on any atom is -0.356 e. The van der Waals surface area contributed by atoms with Crippen molar-refractivity contribution in [1.82, 2.24) is 15.5 Å². The van der Waals surface area contributed by atoms with Crippen LogP contribution in [0.3, 0.4) is 0 Å². The van der Waals surface area contributed by atoms with E-state index in [4.69, 9.17) is 0 Å². The summed E-state index contributed by atoms with van der Waals surface area (Å²) in [6.45, 7) is 8.66. The average molecular weight is 241 g/mol. The average Bonchev–Trinajstić information content (AvgIpc) is 2.38. The van der Waals surface area contributed by atoms with Crippen LogP contribution in [0.25, 0.3) is 0 Å². The number of amides is 1. The van der Waals surface area contributed by atoms with Crippen molar-refractivity contribution >= 4 is 5.91 Å². The lowest BCUT2D eigenvalue weighted by Crippen LogP contribution is -2.43. The molecule has 0 aromatic carbocycles. The molecule has 17 heavy (non-hydrogen) atoms. The Balaban J connectivity index is 1.82. The molecule has 4 heteroatoms. The lowest BCUT2D eigenvalue weighted by Gasteiger charge is -2.27. The second-order valence-electron chi connectivity index (χ2n) is 4.71. The van der Waals surface area contributed by atoms with E-state index in [9.17, 15) is 4.79 Å². The molecule has 1 amide bonds. The van der Waals surface area contributed by atoms with Crippen LogP contribution in [0.2, 0.25) is 0 Å². The van der Waals surface area contributed by atoms with Gasteiger partial charge in [-0.3, -0.25) is 4.79 Å². The Morgan fingerprint density at radius 3 is 2.59 bits per heavy atom. The van der Waals surface area contributed by atoms with Gasteiger partial charge < -0.3 is 15.5 Å². The lowest BCUT2D eigenvalue weighted by molar-refractivity contribution is -0.120. The largest absolute Gasteiger partial charge is 0.356 e. The first-order valence-electron chi connectivity index (χ1n) is 7.02. The summed E-state index contributed by atoms with van der Waals surface area (Å²) in [5.41, 5.74) is 0. The normalized spacial score (nSPS) is 17.0. The summed E-state index contributed by atoms with van der Waals surface area (Å²) in [7, 11) is 0. The van der Waals surface area contributed by atoms with E-state index < -0.39 is 0 Å². The van der Waals surface area contributed by atoms with E-state index in [1.165, 1.54) is 38.9 Å². The molecule has 1 aliphatic rings. The number of piperazine rings is 1. The van der Waals surface area contributed by atoms with Crippen molar-refractivity contribution in [3.63, 3.8) is 0 Å². The van der Waals surface area contributed by atoms with E-state index in [0.717, 1.165) is 26.1 Å². The molecule has 0 aromatic heterocycles. The van der Waals surface area contributed by atoms with Gasteiger partial charge in [0.15, 0.2) is 0 Å². The molecule has 1 fully saturated rings. The lowest BCUT2D eigenvalue weighted by atomic mass is 10.2. The zero-order chi connectivity index (χ0) is 12.3. The van der Waals surface area contributed by atoms with Crippen LogP contribution in [0.4, 0.5) is 0 Å².